The molecule has 0 aliphatic carbocycles. The molecule has 0 N–H and O–H groups in total. The summed E-state index contributed by atoms with van der Waals surface area (Å²) in [6.45, 7) is 0. The highest BCUT2D eigenvalue weighted by Gasteiger charge is 2.06. The van der Waals surface area contributed by atoms with Gasteiger partial charge >= 0.3 is 0 Å². The monoisotopic (exact) mass is 227 g/mol. The second-order valence-electron chi connectivity index (χ2n) is 2.81. The van der Waals surface area contributed by atoms with Crippen LogP contribution in [0.1, 0.15) is 0 Å². The summed E-state index contributed by atoms with van der Waals surface area (Å²) in [6, 6.07) is 5.41. The van der Waals surface area contributed by atoms with Gasteiger partial charge in [-0.3, -0.25) is 0 Å². The van der Waals surface area contributed by atoms with E-state index in [1.54, 1.807) is 19.4 Å². The summed E-state index contributed by atoms with van der Waals surface area (Å²) >= 11 is 11.8. The Bertz CT molecular complexity index is 485. The Morgan fingerprint density at radius 1 is 1.21 bits per heavy atom. The number of aromatic nitrogens is 1. The molecule has 0 aliphatic heterocycles. The molecule has 2 aromatic rings. The van der Waals surface area contributed by atoms with E-state index in [2.05, 4.69) is 4.98 Å². The van der Waals surface area contributed by atoms with E-state index in [4.69, 9.17) is 27.9 Å². The largest absolute Gasteiger partial charge is 0.494 e. The maximum absolute atomic E-state index is 5.93. The third-order valence-electron chi connectivity index (χ3n) is 1.98. The average Bonchev–Trinajstić information content (AvgIpc) is 2.18. The van der Waals surface area contributed by atoms with E-state index in [1.807, 2.05) is 12.1 Å². The van der Waals surface area contributed by atoms with Gasteiger partial charge in [0.15, 0.2) is 0 Å². The van der Waals surface area contributed by atoms with Gasteiger partial charge in [-0.25, -0.2) is 4.98 Å². The van der Waals surface area contributed by atoms with Crippen molar-refractivity contribution in [3.63, 3.8) is 0 Å². The summed E-state index contributed by atoms with van der Waals surface area (Å²) in [5.41, 5.74) is 0. The molecule has 0 atom stereocenters. The van der Waals surface area contributed by atoms with Crippen molar-refractivity contribution in [2.24, 2.45) is 0 Å². The number of nitrogens with zero attached hydrogens (tertiary/aromatic N) is 1. The Morgan fingerprint density at radius 2 is 2.00 bits per heavy atom. The molecule has 0 fully saturated rings. The van der Waals surface area contributed by atoms with E-state index in [0.717, 1.165) is 10.8 Å². The maximum Gasteiger partial charge on any atom is 0.145 e. The van der Waals surface area contributed by atoms with Gasteiger partial charge in [0.2, 0.25) is 0 Å². The highest BCUT2D eigenvalue weighted by molar-refractivity contribution is 6.35. The van der Waals surface area contributed by atoms with E-state index in [-0.39, 0.29) is 0 Å². The normalized spacial score (nSPS) is 10.5. The van der Waals surface area contributed by atoms with Crippen molar-refractivity contribution >= 4 is 34.0 Å². The van der Waals surface area contributed by atoms with Crippen LogP contribution in [0, 0.1) is 0 Å². The predicted octanol–water partition coefficient (Wildman–Crippen LogP) is 3.55. The zero-order chi connectivity index (χ0) is 10.1. The quantitative estimate of drug-likeness (QED) is 0.696. The summed E-state index contributed by atoms with van der Waals surface area (Å²) in [5.74, 6) is 0.673. The van der Waals surface area contributed by atoms with Crippen LogP contribution in [0.25, 0.3) is 10.8 Å². The fraction of sp³-hybridized carbons (Fsp3) is 0.100. The van der Waals surface area contributed by atoms with Crippen molar-refractivity contribution in [1.82, 2.24) is 4.98 Å². The van der Waals surface area contributed by atoms with Crippen LogP contribution in [0.15, 0.2) is 24.4 Å². The molecule has 2 nitrogen and oxygen atoms in total. The zero-order valence-corrected chi connectivity index (χ0v) is 8.93. The SMILES string of the molecule is COc1cnc(Cl)c2ccc(Cl)cc12. The van der Waals surface area contributed by atoms with Gasteiger partial charge in [0.05, 0.1) is 13.3 Å². The first-order valence-electron chi connectivity index (χ1n) is 4.00. The Kier molecular flexibility index (Phi) is 2.48. The van der Waals surface area contributed by atoms with Crippen molar-refractivity contribution in [3.8, 4) is 5.75 Å². The molecule has 1 aromatic heterocycles. The molecule has 1 heterocycles. The molecule has 14 heavy (non-hydrogen) atoms. The number of hydrogen-bond acceptors (Lipinski definition) is 2. The first kappa shape index (κ1) is 9.56. The summed E-state index contributed by atoms with van der Waals surface area (Å²) in [7, 11) is 1.59. The molecule has 0 spiro atoms. The lowest BCUT2D eigenvalue weighted by molar-refractivity contribution is 0.418. The molecular formula is C10H7Cl2NO. The molecule has 2 rings (SSSR count). The van der Waals surface area contributed by atoms with Crippen LogP contribution in [0.4, 0.5) is 0 Å². The van der Waals surface area contributed by atoms with Gasteiger partial charge in [-0.15, -0.1) is 0 Å². The Morgan fingerprint density at radius 3 is 2.71 bits per heavy atom. The maximum atomic E-state index is 5.93. The first-order valence-corrected chi connectivity index (χ1v) is 4.75. The number of methoxy groups -OCH3 is 1. The van der Waals surface area contributed by atoms with Gasteiger partial charge in [-0.2, -0.15) is 0 Å². The van der Waals surface area contributed by atoms with Crippen LogP contribution in [0.3, 0.4) is 0 Å². The fourth-order valence-corrected chi connectivity index (χ4v) is 1.70. The van der Waals surface area contributed by atoms with Crippen LogP contribution in [0.2, 0.25) is 10.2 Å². The highest BCUT2D eigenvalue weighted by Crippen LogP contribution is 2.31. The summed E-state index contributed by atoms with van der Waals surface area (Å²) in [5, 5.41) is 2.82. The molecule has 0 amide bonds. The molecular weight excluding hydrogens is 221 g/mol. The lowest BCUT2D eigenvalue weighted by Crippen LogP contribution is -1.87. The standard InChI is InChI=1S/C10H7Cl2NO/c1-14-9-5-13-10(12)7-3-2-6(11)4-8(7)9/h2-5H,1H3. The summed E-state index contributed by atoms with van der Waals surface area (Å²) < 4.78 is 5.16. The summed E-state index contributed by atoms with van der Waals surface area (Å²) in [6.07, 6.45) is 1.58. The van der Waals surface area contributed by atoms with Crippen molar-refractivity contribution in [1.29, 1.82) is 0 Å². The number of benzene rings is 1. The van der Waals surface area contributed by atoms with Crippen molar-refractivity contribution < 1.29 is 4.74 Å². The molecule has 0 unspecified atom stereocenters. The van der Waals surface area contributed by atoms with Crippen LogP contribution in [-0.2, 0) is 0 Å². The first-order chi connectivity index (χ1) is 6.72. The lowest BCUT2D eigenvalue weighted by atomic mass is 10.2. The van der Waals surface area contributed by atoms with Gasteiger partial charge < -0.3 is 4.74 Å². The van der Waals surface area contributed by atoms with Crippen LogP contribution >= 0.6 is 23.2 Å². The van der Waals surface area contributed by atoms with E-state index >= 15 is 0 Å². The summed E-state index contributed by atoms with van der Waals surface area (Å²) in [4.78, 5) is 4.01. The molecule has 0 bridgehead atoms. The van der Waals surface area contributed by atoms with Gasteiger partial charge in [0.1, 0.15) is 10.9 Å². The number of fused-ring (bicyclic) bond motifs is 1. The van der Waals surface area contributed by atoms with Gasteiger partial charge in [-0.1, -0.05) is 23.2 Å². The molecule has 1 aromatic carbocycles. The minimum atomic E-state index is 0.456. The van der Waals surface area contributed by atoms with E-state index in [9.17, 15) is 0 Å². The Balaban J connectivity index is 2.85. The number of hydrogen-bond donors (Lipinski definition) is 0. The van der Waals surface area contributed by atoms with Crippen molar-refractivity contribution in [3.05, 3.63) is 34.6 Å². The molecule has 0 aliphatic rings. The van der Waals surface area contributed by atoms with Crippen molar-refractivity contribution in [2.45, 2.75) is 0 Å². The lowest BCUT2D eigenvalue weighted by Gasteiger charge is -2.05. The van der Waals surface area contributed by atoms with Gasteiger partial charge in [-0.05, 0) is 18.2 Å². The third kappa shape index (κ3) is 1.51. The number of ether oxygens (including phenoxy) is 1. The Labute approximate surface area is 91.4 Å². The van der Waals surface area contributed by atoms with Crippen molar-refractivity contribution in [2.75, 3.05) is 7.11 Å². The number of pyridine rings is 1. The molecule has 0 saturated heterocycles. The fourth-order valence-electron chi connectivity index (χ4n) is 1.32. The van der Waals surface area contributed by atoms with Gasteiger partial charge in [0.25, 0.3) is 0 Å². The second kappa shape index (κ2) is 3.64. The van der Waals surface area contributed by atoms with Crippen LogP contribution in [-0.4, -0.2) is 12.1 Å². The van der Waals surface area contributed by atoms with Gasteiger partial charge in [0, 0.05) is 15.8 Å². The van der Waals surface area contributed by atoms with E-state index < -0.39 is 0 Å². The smallest absolute Gasteiger partial charge is 0.145 e. The Hall–Kier alpha value is -0.990. The highest BCUT2D eigenvalue weighted by atomic mass is 35.5. The van der Waals surface area contributed by atoms with E-state index in [0.29, 0.717) is 15.9 Å². The third-order valence-corrected chi connectivity index (χ3v) is 2.52. The average molecular weight is 228 g/mol. The van der Waals surface area contributed by atoms with Crippen LogP contribution < -0.4 is 4.74 Å². The minimum Gasteiger partial charge on any atom is -0.494 e. The second-order valence-corrected chi connectivity index (χ2v) is 3.60. The number of halogens is 2. The zero-order valence-electron chi connectivity index (χ0n) is 7.42. The predicted molar refractivity (Wildman–Crippen MR) is 58.3 cm³/mol. The molecule has 0 radical (unpaired) electrons. The topological polar surface area (TPSA) is 22.1 Å². The molecule has 0 saturated carbocycles. The molecule has 4 heteroatoms. The number of rotatable bonds is 1. The van der Waals surface area contributed by atoms with E-state index in [1.165, 1.54) is 0 Å². The van der Waals surface area contributed by atoms with Crippen LogP contribution in [0.5, 0.6) is 5.75 Å². The minimum absolute atomic E-state index is 0.456. The molecule has 72 valence electrons.